The van der Waals surface area contributed by atoms with Crippen molar-refractivity contribution >= 4 is 10.8 Å². The molecule has 0 aliphatic heterocycles. The van der Waals surface area contributed by atoms with Gasteiger partial charge in [-0.15, -0.1) is 0 Å². The summed E-state index contributed by atoms with van der Waals surface area (Å²) in [6, 6.07) is 0.453. The van der Waals surface area contributed by atoms with Gasteiger partial charge in [-0.05, 0) is 25.8 Å². The average Bonchev–Trinajstić information content (AvgIpc) is 2.38. The molecule has 1 aliphatic rings. The first kappa shape index (κ1) is 18.2. The number of hydrogen-bond acceptors (Lipinski definition) is 2. The molecule has 0 heterocycles. The zero-order chi connectivity index (χ0) is 14.8. The zero-order valence-corrected chi connectivity index (χ0v) is 14.6. The summed E-state index contributed by atoms with van der Waals surface area (Å²) in [5.74, 6) is 1.40. The van der Waals surface area contributed by atoms with Crippen molar-refractivity contribution in [1.82, 2.24) is 5.32 Å². The minimum atomic E-state index is -0.671. The highest BCUT2D eigenvalue weighted by atomic mass is 32.2. The van der Waals surface area contributed by atoms with E-state index >= 15 is 0 Å². The molecule has 0 aromatic rings. The summed E-state index contributed by atoms with van der Waals surface area (Å²) in [4.78, 5) is 0. The minimum Gasteiger partial charge on any atom is -0.316 e. The smallest absolute Gasteiger partial charge is 0.0501 e. The lowest BCUT2D eigenvalue weighted by Gasteiger charge is -2.27. The molecule has 120 valence electrons. The van der Waals surface area contributed by atoms with Crippen LogP contribution in [-0.4, -0.2) is 28.3 Å². The van der Waals surface area contributed by atoms with Crippen molar-refractivity contribution in [2.75, 3.05) is 12.8 Å². The van der Waals surface area contributed by atoms with Crippen LogP contribution in [0.25, 0.3) is 0 Å². The Kier molecular flexibility index (Phi) is 9.79. The standard InChI is InChI=1S/C17H35NOS/c1-15(2)14-20(19)17-13-11-9-7-5-4-6-8-10-12-16(17)18-3/h15-18H,4-14H2,1-3H3. The second kappa shape index (κ2) is 10.8. The van der Waals surface area contributed by atoms with Crippen LogP contribution in [0.3, 0.4) is 0 Å². The summed E-state index contributed by atoms with van der Waals surface area (Å²) in [7, 11) is 1.38. The van der Waals surface area contributed by atoms with Crippen molar-refractivity contribution in [2.24, 2.45) is 5.92 Å². The van der Waals surface area contributed by atoms with Gasteiger partial charge in [-0.25, -0.2) is 0 Å². The molecule has 20 heavy (non-hydrogen) atoms. The van der Waals surface area contributed by atoms with Crippen LogP contribution >= 0.6 is 0 Å². The Morgan fingerprint density at radius 2 is 1.45 bits per heavy atom. The van der Waals surface area contributed by atoms with Gasteiger partial charge in [0, 0.05) is 22.6 Å². The molecule has 1 N–H and O–H groups in total. The van der Waals surface area contributed by atoms with Gasteiger partial charge in [0.05, 0.1) is 5.25 Å². The SMILES string of the molecule is CNC1CCCCCCCCCCC1S(=O)CC(C)C. The van der Waals surface area contributed by atoms with Crippen molar-refractivity contribution in [3.05, 3.63) is 0 Å². The summed E-state index contributed by atoms with van der Waals surface area (Å²) < 4.78 is 12.7. The normalized spacial score (nSPS) is 28.6. The van der Waals surface area contributed by atoms with Gasteiger partial charge in [0.1, 0.15) is 0 Å². The van der Waals surface area contributed by atoms with E-state index < -0.39 is 10.8 Å². The van der Waals surface area contributed by atoms with Crippen molar-refractivity contribution in [3.63, 3.8) is 0 Å². The van der Waals surface area contributed by atoms with E-state index in [1.165, 1.54) is 57.8 Å². The molecule has 1 saturated carbocycles. The van der Waals surface area contributed by atoms with Crippen molar-refractivity contribution < 1.29 is 4.21 Å². The molecule has 0 bridgehead atoms. The molecule has 0 amide bonds. The van der Waals surface area contributed by atoms with E-state index in [1.54, 1.807) is 0 Å². The molecule has 3 atom stereocenters. The Balaban J connectivity index is 2.62. The van der Waals surface area contributed by atoms with E-state index in [2.05, 4.69) is 26.2 Å². The molecule has 0 spiro atoms. The maximum absolute atomic E-state index is 12.7. The molecule has 0 aromatic heterocycles. The molecule has 0 radical (unpaired) electrons. The summed E-state index contributed by atoms with van der Waals surface area (Å²) >= 11 is 0. The Bertz CT molecular complexity index is 268. The van der Waals surface area contributed by atoms with Gasteiger partial charge < -0.3 is 5.32 Å². The summed E-state index contributed by atoms with van der Waals surface area (Å²) in [6.45, 7) is 4.36. The summed E-state index contributed by atoms with van der Waals surface area (Å²) in [5.41, 5.74) is 0. The van der Waals surface area contributed by atoms with E-state index in [0.29, 0.717) is 17.2 Å². The fourth-order valence-electron chi connectivity index (χ4n) is 3.25. The van der Waals surface area contributed by atoms with Crippen molar-refractivity contribution in [3.8, 4) is 0 Å². The van der Waals surface area contributed by atoms with E-state index in [1.807, 2.05) is 0 Å². The number of nitrogens with one attached hydrogen (secondary N) is 1. The molecule has 0 saturated heterocycles. The monoisotopic (exact) mass is 301 g/mol. The molecule has 0 aromatic carbocycles. The van der Waals surface area contributed by atoms with Gasteiger partial charge in [-0.1, -0.05) is 65.2 Å². The first-order chi connectivity index (χ1) is 9.65. The quantitative estimate of drug-likeness (QED) is 0.840. The average molecular weight is 302 g/mol. The van der Waals surface area contributed by atoms with Crippen LogP contribution in [0.15, 0.2) is 0 Å². The van der Waals surface area contributed by atoms with Crippen LogP contribution in [0.5, 0.6) is 0 Å². The Morgan fingerprint density at radius 3 is 1.95 bits per heavy atom. The highest BCUT2D eigenvalue weighted by molar-refractivity contribution is 7.85. The highest BCUT2D eigenvalue weighted by Gasteiger charge is 2.25. The fraction of sp³-hybridized carbons (Fsp3) is 1.00. The Hall–Kier alpha value is 0.110. The second-order valence-electron chi connectivity index (χ2n) is 6.78. The second-order valence-corrected chi connectivity index (χ2v) is 8.48. The molecule has 1 rings (SSSR count). The van der Waals surface area contributed by atoms with Gasteiger partial charge in [0.25, 0.3) is 0 Å². The van der Waals surface area contributed by atoms with E-state index in [-0.39, 0.29) is 0 Å². The lowest BCUT2D eigenvalue weighted by Crippen LogP contribution is -2.41. The predicted molar refractivity (Wildman–Crippen MR) is 90.7 cm³/mol. The first-order valence-electron chi connectivity index (χ1n) is 8.69. The van der Waals surface area contributed by atoms with Crippen LogP contribution < -0.4 is 5.32 Å². The maximum atomic E-state index is 12.7. The molecular weight excluding hydrogens is 266 g/mol. The van der Waals surface area contributed by atoms with Crippen LogP contribution in [0.2, 0.25) is 0 Å². The van der Waals surface area contributed by atoms with E-state index in [0.717, 1.165) is 12.2 Å². The third kappa shape index (κ3) is 7.21. The number of hydrogen-bond donors (Lipinski definition) is 1. The Morgan fingerprint density at radius 1 is 0.950 bits per heavy atom. The third-order valence-electron chi connectivity index (χ3n) is 4.41. The first-order valence-corrected chi connectivity index (χ1v) is 10.1. The van der Waals surface area contributed by atoms with Crippen LogP contribution in [-0.2, 0) is 10.8 Å². The third-order valence-corrected chi connectivity index (χ3v) is 6.64. The molecule has 3 unspecified atom stereocenters. The van der Waals surface area contributed by atoms with Crippen molar-refractivity contribution in [1.29, 1.82) is 0 Å². The fourth-order valence-corrected chi connectivity index (χ4v) is 5.23. The molecule has 3 heteroatoms. The van der Waals surface area contributed by atoms with Gasteiger partial charge in [0.2, 0.25) is 0 Å². The summed E-state index contributed by atoms with van der Waals surface area (Å²) in [5, 5.41) is 3.83. The largest absolute Gasteiger partial charge is 0.316 e. The van der Waals surface area contributed by atoms with Gasteiger partial charge in [-0.2, -0.15) is 0 Å². The van der Waals surface area contributed by atoms with Crippen LogP contribution in [0, 0.1) is 5.92 Å². The van der Waals surface area contributed by atoms with Gasteiger partial charge in [0.15, 0.2) is 0 Å². The van der Waals surface area contributed by atoms with E-state index in [4.69, 9.17) is 0 Å². The molecule has 1 aliphatic carbocycles. The number of rotatable bonds is 4. The zero-order valence-electron chi connectivity index (χ0n) is 13.8. The van der Waals surface area contributed by atoms with Crippen LogP contribution in [0.1, 0.15) is 78.1 Å². The van der Waals surface area contributed by atoms with E-state index in [9.17, 15) is 4.21 Å². The molecular formula is C17H35NOS. The predicted octanol–water partition coefficient (Wildman–Crippen LogP) is 4.26. The minimum absolute atomic E-state index is 0.363. The lowest BCUT2D eigenvalue weighted by atomic mass is 9.97. The molecule has 2 nitrogen and oxygen atoms in total. The van der Waals surface area contributed by atoms with Crippen molar-refractivity contribution in [2.45, 2.75) is 89.3 Å². The molecule has 1 fully saturated rings. The maximum Gasteiger partial charge on any atom is 0.0501 e. The topological polar surface area (TPSA) is 29.1 Å². The van der Waals surface area contributed by atoms with Gasteiger partial charge >= 0.3 is 0 Å². The lowest BCUT2D eigenvalue weighted by molar-refractivity contribution is 0.427. The highest BCUT2D eigenvalue weighted by Crippen LogP contribution is 2.21. The summed E-state index contributed by atoms with van der Waals surface area (Å²) in [6.07, 6.45) is 13.1. The van der Waals surface area contributed by atoms with Crippen LogP contribution in [0.4, 0.5) is 0 Å². The Labute approximate surface area is 128 Å². The van der Waals surface area contributed by atoms with Gasteiger partial charge in [-0.3, -0.25) is 4.21 Å².